The van der Waals surface area contributed by atoms with E-state index in [1.54, 1.807) is 0 Å². The summed E-state index contributed by atoms with van der Waals surface area (Å²) in [5, 5.41) is 3.27. The van der Waals surface area contributed by atoms with Gasteiger partial charge in [0.2, 0.25) is 0 Å². The lowest BCUT2D eigenvalue weighted by atomic mass is 9.97. The molecular weight excluding hydrogens is 132 g/mol. The fourth-order valence-electron chi connectivity index (χ4n) is 1.10. The maximum atomic E-state index is 5.53. The predicted octanol–water partition coefficient (Wildman–Crippen LogP) is -0.00290. The molecule has 0 spiro atoms. The molecule has 0 aliphatic carbocycles. The zero-order chi connectivity index (χ0) is 6.74. The lowest BCUT2D eigenvalue weighted by Gasteiger charge is -2.31. The smallest absolute Gasteiger partial charge is 0.0276 e. The summed E-state index contributed by atoms with van der Waals surface area (Å²) in [6.45, 7) is 2.85. The van der Waals surface area contributed by atoms with Gasteiger partial charge in [0.1, 0.15) is 0 Å². The van der Waals surface area contributed by atoms with E-state index in [1.807, 2.05) is 0 Å². The van der Waals surface area contributed by atoms with Crippen LogP contribution < -0.4 is 11.1 Å². The molecule has 54 valence electrons. The maximum absolute atomic E-state index is 5.53. The summed E-state index contributed by atoms with van der Waals surface area (Å²) in [5.41, 5.74) is 5.53. The summed E-state index contributed by atoms with van der Waals surface area (Å²) in [6, 6.07) is 0. The monoisotopic (exact) mass is 146 g/mol. The third-order valence-electron chi connectivity index (χ3n) is 1.91. The number of hydrogen-bond acceptors (Lipinski definition) is 3. The first kappa shape index (κ1) is 7.38. The van der Waals surface area contributed by atoms with Crippen molar-refractivity contribution in [1.82, 2.24) is 5.32 Å². The van der Waals surface area contributed by atoms with E-state index in [2.05, 4.69) is 17.9 Å². The van der Waals surface area contributed by atoms with E-state index in [-0.39, 0.29) is 4.75 Å². The number of nitrogens with one attached hydrogen (secondary N) is 1. The van der Waals surface area contributed by atoms with Gasteiger partial charge in [-0.2, -0.15) is 12.6 Å². The Kier molecular flexibility index (Phi) is 2.38. The van der Waals surface area contributed by atoms with Gasteiger partial charge in [-0.15, -0.1) is 0 Å². The van der Waals surface area contributed by atoms with E-state index in [9.17, 15) is 0 Å². The average molecular weight is 146 g/mol. The molecule has 0 bridgehead atoms. The minimum absolute atomic E-state index is 0.130. The Morgan fingerprint density at radius 1 is 1.44 bits per heavy atom. The van der Waals surface area contributed by atoms with Crippen LogP contribution in [0.2, 0.25) is 0 Å². The van der Waals surface area contributed by atoms with Crippen molar-refractivity contribution in [1.29, 1.82) is 0 Å². The van der Waals surface area contributed by atoms with Gasteiger partial charge in [-0.1, -0.05) is 0 Å². The number of rotatable bonds is 1. The van der Waals surface area contributed by atoms with Crippen LogP contribution in [0.5, 0.6) is 0 Å². The fourth-order valence-corrected chi connectivity index (χ4v) is 1.32. The van der Waals surface area contributed by atoms with Crippen LogP contribution in [0, 0.1) is 0 Å². The molecule has 3 N–H and O–H groups in total. The topological polar surface area (TPSA) is 38.0 Å². The van der Waals surface area contributed by atoms with Crippen molar-refractivity contribution >= 4 is 12.6 Å². The highest BCUT2D eigenvalue weighted by atomic mass is 32.1. The molecule has 1 saturated heterocycles. The standard InChI is InChI=1S/C6H14N2S/c7-5-6(9)1-3-8-4-2-6/h8-9H,1-5,7H2. The highest BCUT2D eigenvalue weighted by Gasteiger charge is 2.25. The van der Waals surface area contributed by atoms with Gasteiger partial charge in [0.15, 0.2) is 0 Å². The molecule has 0 unspecified atom stereocenters. The van der Waals surface area contributed by atoms with E-state index in [1.165, 1.54) is 0 Å². The molecule has 0 amide bonds. The lowest BCUT2D eigenvalue weighted by molar-refractivity contribution is 0.422. The van der Waals surface area contributed by atoms with Gasteiger partial charge in [-0.3, -0.25) is 0 Å². The summed E-state index contributed by atoms with van der Waals surface area (Å²) in [7, 11) is 0. The lowest BCUT2D eigenvalue weighted by Crippen LogP contribution is -2.42. The third kappa shape index (κ3) is 1.85. The molecule has 0 aromatic heterocycles. The maximum Gasteiger partial charge on any atom is 0.0276 e. The second kappa shape index (κ2) is 2.90. The van der Waals surface area contributed by atoms with Crippen molar-refractivity contribution in [2.45, 2.75) is 17.6 Å². The minimum atomic E-state index is 0.130. The Balaban J connectivity index is 2.37. The summed E-state index contributed by atoms with van der Waals surface area (Å²) < 4.78 is 0.130. The molecule has 1 rings (SSSR count). The second-order valence-corrected chi connectivity index (χ2v) is 3.63. The van der Waals surface area contributed by atoms with Crippen LogP contribution in [0.25, 0.3) is 0 Å². The Bertz CT molecular complexity index is 89.1. The summed E-state index contributed by atoms with van der Waals surface area (Å²) in [5.74, 6) is 0. The van der Waals surface area contributed by atoms with Crippen LogP contribution in [0.4, 0.5) is 0 Å². The van der Waals surface area contributed by atoms with Crippen LogP contribution in [0.1, 0.15) is 12.8 Å². The molecule has 3 heteroatoms. The average Bonchev–Trinajstić information content (AvgIpc) is 1.90. The molecule has 0 aromatic carbocycles. The van der Waals surface area contributed by atoms with E-state index in [0.717, 1.165) is 25.9 Å². The number of nitrogens with two attached hydrogens (primary N) is 1. The number of hydrogen-bond donors (Lipinski definition) is 3. The number of piperidine rings is 1. The highest BCUT2D eigenvalue weighted by Crippen LogP contribution is 2.23. The molecule has 1 fully saturated rings. The largest absolute Gasteiger partial charge is 0.329 e. The highest BCUT2D eigenvalue weighted by molar-refractivity contribution is 7.81. The van der Waals surface area contributed by atoms with Crippen molar-refractivity contribution in [3.8, 4) is 0 Å². The molecular formula is C6H14N2S. The Labute approximate surface area is 61.6 Å². The Hall–Kier alpha value is 0.270. The molecule has 9 heavy (non-hydrogen) atoms. The molecule has 0 saturated carbocycles. The summed E-state index contributed by atoms with van der Waals surface area (Å²) in [4.78, 5) is 0. The van der Waals surface area contributed by atoms with Crippen LogP contribution in [0.15, 0.2) is 0 Å². The van der Waals surface area contributed by atoms with Crippen LogP contribution in [-0.4, -0.2) is 24.4 Å². The Morgan fingerprint density at radius 2 is 2.00 bits per heavy atom. The van der Waals surface area contributed by atoms with Gasteiger partial charge in [0.25, 0.3) is 0 Å². The van der Waals surface area contributed by atoms with Crippen LogP contribution >= 0.6 is 12.6 Å². The van der Waals surface area contributed by atoms with Gasteiger partial charge >= 0.3 is 0 Å². The quantitative estimate of drug-likeness (QED) is 0.455. The van der Waals surface area contributed by atoms with Crippen molar-refractivity contribution in [3.63, 3.8) is 0 Å². The number of thiol groups is 1. The van der Waals surface area contributed by atoms with Gasteiger partial charge in [0, 0.05) is 11.3 Å². The fraction of sp³-hybridized carbons (Fsp3) is 1.00. The molecule has 0 radical (unpaired) electrons. The molecule has 1 aliphatic rings. The predicted molar refractivity (Wildman–Crippen MR) is 42.9 cm³/mol. The van der Waals surface area contributed by atoms with Crippen molar-refractivity contribution in [2.75, 3.05) is 19.6 Å². The Morgan fingerprint density at radius 3 is 2.33 bits per heavy atom. The second-order valence-electron chi connectivity index (χ2n) is 2.68. The minimum Gasteiger partial charge on any atom is -0.329 e. The van der Waals surface area contributed by atoms with E-state index in [4.69, 9.17) is 5.73 Å². The van der Waals surface area contributed by atoms with Crippen LogP contribution in [-0.2, 0) is 0 Å². The molecule has 2 nitrogen and oxygen atoms in total. The summed E-state index contributed by atoms with van der Waals surface area (Å²) in [6.07, 6.45) is 2.21. The SMILES string of the molecule is NCC1(S)CCNCC1. The van der Waals surface area contributed by atoms with E-state index < -0.39 is 0 Å². The first-order chi connectivity index (χ1) is 4.27. The zero-order valence-electron chi connectivity index (χ0n) is 5.56. The van der Waals surface area contributed by atoms with Crippen molar-refractivity contribution in [3.05, 3.63) is 0 Å². The summed E-state index contributed by atoms with van der Waals surface area (Å²) >= 11 is 4.48. The van der Waals surface area contributed by atoms with Gasteiger partial charge in [-0.25, -0.2) is 0 Å². The van der Waals surface area contributed by atoms with Gasteiger partial charge in [-0.05, 0) is 25.9 Å². The normalized spacial score (nSPS) is 26.0. The first-order valence-electron chi connectivity index (χ1n) is 3.40. The van der Waals surface area contributed by atoms with Crippen molar-refractivity contribution < 1.29 is 0 Å². The van der Waals surface area contributed by atoms with Crippen molar-refractivity contribution in [2.24, 2.45) is 5.73 Å². The molecule has 0 aromatic rings. The molecule has 1 aliphatic heterocycles. The van der Waals surface area contributed by atoms with Crippen LogP contribution in [0.3, 0.4) is 0 Å². The molecule has 1 heterocycles. The van der Waals surface area contributed by atoms with Gasteiger partial charge in [0.05, 0.1) is 0 Å². The molecule has 0 atom stereocenters. The first-order valence-corrected chi connectivity index (χ1v) is 3.85. The van der Waals surface area contributed by atoms with Gasteiger partial charge < -0.3 is 11.1 Å². The van der Waals surface area contributed by atoms with E-state index >= 15 is 0 Å². The van der Waals surface area contributed by atoms with E-state index in [0.29, 0.717) is 6.54 Å². The zero-order valence-corrected chi connectivity index (χ0v) is 6.45. The third-order valence-corrected chi connectivity index (χ3v) is 2.54.